The fourth-order valence-corrected chi connectivity index (χ4v) is 5.16. The molecule has 0 aliphatic heterocycles. The number of carbonyl (C=O) groups is 1. The highest BCUT2D eigenvalue weighted by Crippen LogP contribution is 2.48. The molecule has 0 saturated heterocycles. The topological polar surface area (TPSA) is 76.0 Å². The van der Waals surface area contributed by atoms with Gasteiger partial charge in [-0.1, -0.05) is 40.7 Å². The molecule has 2 N–H and O–H groups in total. The molecule has 4 atom stereocenters. The summed E-state index contributed by atoms with van der Waals surface area (Å²) >= 11 is 3.33. The van der Waals surface area contributed by atoms with Crippen molar-refractivity contribution in [3.63, 3.8) is 0 Å². The highest BCUT2D eigenvalue weighted by atomic mass is 79.9. The number of nitrogens with zero attached hydrogens (tertiary/aromatic N) is 2. The smallest absolute Gasteiger partial charge is 0.380 e. The molecule has 1 aromatic heterocycles. The number of carbonyl (C=O) groups excluding carboxylic acids is 1. The van der Waals surface area contributed by atoms with Gasteiger partial charge in [-0.05, 0) is 63.2 Å². The Morgan fingerprint density at radius 2 is 1.92 bits per heavy atom. The largest absolute Gasteiger partial charge is 0.419 e. The Kier molecular flexibility index (Phi) is 8.22. The van der Waals surface area contributed by atoms with Crippen LogP contribution in [0, 0.1) is 29.0 Å². The molecule has 0 spiro atoms. The highest BCUT2D eigenvalue weighted by Gasteiger charge is 2.43. The van der Waals surface area contributed by atoms with Crippen molar-refractivity contribution in [3.8, 4) is 0 Å². The molecule has 3 rings (SSSR count). The summed E-state index contributed by atoms with van der Waals surface area (Å²) in [4.78, 5) is 25.1. The third-order valence-electron chi connectivity index (χ3n) is 7.92. The lowest BCUT2D eigenvalue weighted by Gasteiger charge is -2.50. The van der Waals surface area contributed by atoms with E-state index in [9.17, 15) is 27.2 Å². The van der Waals surface area contributed by atoms with Crippen molar-refractivity contribution in [2.45, 2.75) is 66.3 Å². The van der Waals surface area contributed by atoms with E-state index in [-0.39, 0.29) is 28.0 Å². The van der Waals surface area contributed by atoms with Crippen molar-refractivity contribution in [2.75, 3.05) is 5.32 Å². The van der Waals surface area contributed by atoms with Gasteiger partial charge in [0.15, 0.2) is 0 Å². The molecule has 1 fully saturated rings. The van der Waals surface area contributed by atoms with E-state index in [1.54, 1.807) is 0 Å². The lowest BCUT2D eigenvalue weighted by Crippen LogP contribution is -2.48. The lowest BCUT2D eigenvalue weighted by molar-refractivity contribution is -0.140. The predicted molar refractivity (Wildman–Crippen MR) is 133 cm³/mol. The number of halogens is 5. The average molecular weight is 575 g/mol. The van der Waals surface area contributed by atoms with Gasteiger partial charge < -0.3 is 10.6 Å². The van der Waals surface area contributed by atoms with Crippen molar-refractivity contribution in [1.82, 2.24) is 15.1 Å². The van der Waals surface area contributed by atoms with E-state index in [4.69, 9.17) is 0 Å². The van der Waals surface area contributed by atoms with E-state index in [2.05, 4.69) is 66.3 Å². The number of alkyl halides is 3. The number of amides is 1. The Morgan fingerprint density at radius 3 is 2.53 bits per heavy atom. The number of hydrogen-bond acceptors (Lipinski definition) is 4. The number of nitrogens with one attached hydrogen (secondary N) is 2. The average Bonchev–Trinajstić information content (AvgIpc) is 2.79. The van der Waals surface area contributed by atoms with Crippen molar-refractivity contribution in [1.29, 1.82) is 0 Å². The van der Waals surface area contributed by atoms with Crippen LogP contribution in [0.5, 0.6) is 0 Å². The van der Waals surface area contributed by atoms with E-state index in [1.165, 1.54) is 6.20 Å². The minimum atomic E-state index is -4.80. The Hall–Kier alpha value is -2.43. The van der Waals surface area contributed by atoms with Crippen LogP contribution in [0.25, 0.3) is 0 Å². The molecule has 1 amide bonds. The van der Waals surface area contributed by atoms with Crippen LogP contribution >= 0.6 is 15.9 Å². The first-order chi connectivity index (χ1) is 16.6. The quantitative estimate of drug-likeness (QED) is 0.440. The molecule has 1 aliphatic rings. The standard InChI is InChI=1S/C25H31BrF4N4O2/c1-13-8-19(14(2)15(3)24(13,4)5)33-20-11-32-34(23(36)22(20)26)12-21(35)31-10-16-6-7-17(18(27)9-16)25(28,29)30/h6-7,9,11,13-15,19,33H,8,10,12H2,1-5H3,(H,31,35)/t13-,14+,15+,19+/m0/s1. The van der Waals surface area contributed by atoms with Gasteiger partial charge in [0.1, 0.15) is 16.8 Å². The van der Waals surface area contributed by atoms with Crippen LogP contribution in [0.3, 0.4) is 0 Å². The Bertz CT molecular complexity index is 1180. The zero-order chi connectivity index (χ0) is 27.0. The van der Waals surface area contributed by atoms with Crippen molar-refractivity contribution >= 4 is 27.5 Å². The molecule has 1 saturated carbocycles. The van der Waals surface area contributed by atoms with Gasteiger partial charge in [0.2, 0.25) is 5.91 Å². The molecule has 198 valence electrons. The number of aromatic nitrogens is 2. The van der Waals surface area contributed by atoms with Crippen molar-refractivity contribution < 1.29 is 22.4 Å². The first kappa shape index (κ1) is 28.1. The summed E-state index contributed by atoms with van der Waals surface area (Å²) in [6.07, 6.45) is -2.36. The summed E-state index contributed by atoms with van der Waals surface area (Å²) in [6, 6.07) is 2.59. The summed E-state index contributed by atoms with van der Waals surface area (Å²) < 4.78 is 53.0. The van der Waals surface area contributed by atoms with Gasteiger partial charge >= 0.3 is 6.18 Å². The van der Waals surface area contributed by atoms with E-state index in [0.29, 0.717) is 29.5 Å². The molecule has 0 bridgehead atoms. The van der Waals surface area contributed by atoms with Crippen LogP contribution in [0.2, 0.25) is 0 Å². The second-order valence-electron chi connectivity index (χ2n) is 10.3. The first-order valence-electron chi connectivity index (χ1n) is 11.8. The van der Waals surface area contributed by atoms with Gasteiger partial charge in [0, 0.05) is 12.6 Å². The predicted octanol–water partition coefficient (Wildman–Crippen LogP) is 5.60. The van der Waals surface area contributed by atoms with Gasteiger partial charge in [-0.3, -0.25) is 9.59 Å². The summed E-state index contributed by atoms with van der Waals surface area (Å²) in [5, 5.41) is 10.0. The molecule has 1 aromatic carbocycles. The normalized spacial score (nSPS) is 23.8. The summed E-state index contributed by atoms with van der Waals surface area (Å²) in [5.41, 5.74) is -0.964. The van der Waals surface area contributed by atoms with E-state index in [1.807, 2.05) is 0 Å². The molecule has 2 aromatic rings. The molecule has 11 heteroatoms. The van der Waals surface area contributed by atoms with Gasteiger partial charge in [0.05, 0.1) is 17.4 Å². The molecule has 6 nitrogen and oxygen atoms in total. The third kappa shape index (κ3) is 5.92. The minimum Gasteiger partial charge on any atom is -0.380 e. The van der Waals surface area contributed by atoms with Crippen LogP contribution in [0.15, 0.2) is 33.7 Å². The van der Waals surface area contributed by atoms with Gasteiger partial charge in [-0.2, -0.15) is 18.3 Å². The number of anilines is 1. The zero-order valence-corrected chi connectivity index (χ0v) is 22.4. The second-order valence-corrected chi connectivity index (χ2v) is 11.1. The van der Waals surface area contributed by atoms with E-state index in [0.717, 1.165) is 23.2 Å². The fraction of sp³-hybridized carbons (Fsp3) is 0.560. The Labute approximate surface area is 216 Å². The van der Waals surface area contributed by atoms with E-state index >= 15 is 0 Å². The Balaban J connectivity index is 1.64. The fourth-order valence-electron chi connectivity index (χ4n) is 4.73. The van der Waals surface area contributed by atoms with Crippen LogP contribution in [-0.2, 0) is 24.1 Å². The van der Waals surface area contributed by atoms with Gasteiger partial charge in [-0.15, -0.1) is 0 Å². The Morgan fingerprint density at radius 1 is 1.25 bits per heavy atom. The summed E-state index contributed by atoms with van der Waals surface area (Å²) in [6.45, 7) is 10.7. The molecule has 36 heavy (non-hydrogen) atoms. The first-order valence-corrected chi connectivity index (χ1v) is 12.6. The van der Waals surface area contributed by atoms with Crippen LogP contribution in [0.1, 0.15) is 52.2 Å². The van der Waals surface area contributed by atoms with E-state index < -0.39 is 35.6 Å². The van der Waals surface area contributed by atoms with Crippen molar-refractivity contribution in [3.05, 3.63) is 56.2 Å². The van der Waals surface area contributed by atoms with Crippen LogP contribution in [0.4, 0.5) is 23.2 Å². The second kappa shape index (κ2) is 10.5. The summed E-state index contributed by atoms with van der Waals surface area (Å²) in [7, 11) is 0. The molecule has 1 heterocycles. The van der Waals surface area contributed by atoms with Gasteiger partial charge in [-0.25, -0.2) is 9.07 Å². The zero-order valence-electron chi connectivity index (χ0n) is 20.8. The van der Waals surface area contributed by atoms with Crippen molar-refractivity contribution in [2.24, 2.45) is 23.2 Å². The number of hydrogen-bond donors (Lipinski definition) is 2. The van der Waals surface area contributed by atoms with Gasteiger partial charge in [0.25, 0.3) is 5.56 Å². The molecule has 0 radical (unpaired) electrons. The molecular weight excluding hydrogens is 544 g/mol. The van der Waals surface area contributed by atoms with Crippen LogP contribution < -0.4 is 16.2 Å². The molecular formula is C25H31BrF4N4O2. The minimum absolute atomic E-state index is 0.156. The third-order valence-corrected chi connectivity index (χ3v) is 8.69. The number of benzene rings is 1. The molecule has 0 unspecified atom stereocenters. The van der Waals surface area contributed by atoms with Crippen LogP contribution in [-0.4, -0.2) is 21.7 Å². The lowest BCUT2D eigenvalue weighted by atomic mass is 9.58. The number of rotatable bonds is 6. The maximum Gasteiger partial charge on any atom is 0.419 e. The maximum atomic E-state index is 13.7. The summed E-state index contributed by atoms with van der Waals surface area (Å²) in [5.74, 6) is -0.698. The SMILES string of the molecule is C[C@@H]1[C@@H](C)C(C)(C)[C@@H](C)C[C@H]1Nc1cnn(CC(=O)NCc2ccc(C(F)(F)F)c(F)c2)c(=O)c1Br. The monoisotopic (exact) mass is 574 g/mol. The highest BCUT2D eigenvalue weighted by molar-refractivity contribution is 9.10. The maximum absolute atomic E-state index is 13.7. The molecule has 1 aliphatic carbocycles.